The summed E-state index contributed by atoms with van der Waals surface area (Å²) in [4.78, 5) is 29.7. The lowest BCUT2D eigenvalue weighted by Gasteiger charge is -2.21. The number of imidazole rings is 1. The maximum absolute atomic E-state index is 14.4. The number of hydrogen-bond donors (Lipinski definition) is 2. The first kappa shape index (κ1) is 18.2. The molecule has 6 nitrogen and oxygen atoms in total. The van der Waals surface area contributed by atoms with Crippen LogP contribution in [0.2, 0.25) is 0 Å². The van der Waals surface area contributed by atoms with E-state index in [-0.39, 0.29) is 11.8 Å². The van der Waals surface area contributed by atoms with Gasteiger partial charge in [-0.2, -0.15) is 0 Å². The highest BCUT2D eigenvalue weighted by Gasteiger charge is 2.25. The Morgan fingerprint density at radius 1 is 1.32 bits per heavy atom. The summed E-state index contributed by atoms with van der Waals surface area (Å²) < 4.78 is 16.2. The molecule has 0 saturated carbocycles. The van der Waals surface area contributed by atoms with Crippen LogP contribution in [0, 0.1) is 5.82 Å². The van der Waals surface area contributed by atoms with Crippen LogP contribution >= 0.6 is 11.8 Å². The Bertz CT molecular complexity index is 1070. The predicted molar refractivity (Wildman–Crippen MR) is 105 cm³/mol. The van der Waals surface area contributed by atoms with Crippen molar-refractivity contribution in [2.75, 3.05) is 11.1 Å². The molecule has 0 aliphatic carbocycles. The highest BCUT2D eigenvalue weighted by Crippen LogP contribution is 2.32. The summed E-state index contributed by atoms with van der Waals surface area (Å²) in [7, 11) is 1.79. The molecule has 1 aliphatic rings. The number of nitrogens with zero attached hydrogens (tertiary/aromatic N) is 2. The van der Waals surface area contributed by atoms with Crippen LogP contribution in [0.15, 0.2) is 59.8 Å². The summed E-state index contributed by atoms with van der Waals surface area (Å²) in [5, 5.41) is 5.64. The number of aryl methyl sites for hydroxylation is 1. The third-order valence-electron chi connectivity index (χ3n) is 4.48. The number of hydrogen-bond acceptors (Lipinski definition) is 4. The molecule has 1 aliphatic heterocycles. The first-order valence-corrected chi connectivity index (χ1v) is 9.60. The van der Waals surface area contributed by atoms with E-state index in [9.17, 15) is 14.0 Å². The van der Waals surface area contributed by atoms with Crippen molar-refractivity contribution in [2.45, 2.75) is 10.9 Å². The van der Waals surface area contributed by atoms with E-state index in [1.807, 2.05) is 0 Å². The van der Waals surface area contributed by atoms with Gasteiger partial charge in [0.15, 0.2) is 0 Å². The number of fused-ring (bicyclic) bond motifs is 1. The number of amides is 2. The van der Waals surface area contributed by atoms with Crippen molar-refractivity contribution in [1.82, 2.24) is 14.9 Å². The van der Waals surface area contributed by atoms with Crippen molar-refractivity contribution in [3.8, 4) is 0 Å². The SMILES string of the molecule is Cn1ccnc1[C@H](NC(=O)c1ccc2c(c1)NC(=O)CS2)c1ccccc1F. The van der Waals surface area contributed by atoms with Crippen LogP contribution in [0.25, 0.3) is 0 Å². The Hall–Kier alpha value is -3.13. The second kappa shape index (κ2) is 7.47. The molecule has 0 fully saturated rings. The molecule has 4 rings (SSSR count). The maximum atomic E-state index is 14.4. The van der Waals surface area contributed by atoms with Gasteiger partial charge in [0.25, 0.3) is 5.91 Å². The van der Waals surface area contributed by atoms with E-state index in [0.29, 0.717) is 28.4 Å². The molecule has 142 valence electrons. The van der Waals surface area contributed by atoms with Gasteiger partial charge in [0.2, 0.25) is 5.91 Å². The van der Waals surface area contributed by atoms with Crippen molar-refractivity contribution >= 4 is 29.3 Å². The molecule has 0 saturated heterocycles. The zero-order chi connectivity index (χ0) is 19.7. The Labute approximate surface area is 165 Å². The third kappa shape index (κ3) is 3.50. The van der Waals surface area contributed by atoms with Crippen molar-refractivity contribution in [3.63, 3.8) is 0 Å². The lowest BCUT2D eigenvalue weighted by Crippen LogP contribution is -2.32. The molecule has 2 aromatic carbocycles. The highest BCUT2D eigenvalue weighted by molar-refractivity contribution is 8.00. The molecule has 3 aromatic rings. The zero-order valence-electron chi connectivity index (χ0n) is 15.0. The first-order valence-electron chi connectivity index (χ1n) is 8.62. The number of carbonyl (C=O) groups is 2. The standard InChI is InChI=1S/C20H17FN4O2S/c1-25-9-8-22-19(25)18(13-4-2-3-5-14(13)21)24-20(27)12-6-7-16-15(10-12)23-17(26)11-28-16/h2-10,18H,11H2,1H3,(H,23,26)(H,24,27)/t18-/m1/s1. The number of halogens is 1. The third-order valence-corrected chi connectivity index (χ3v) is 5.56. The summed E-state index contributed by atoms with van der Waals surface area (Å²) in [6.45, 7) is 0. The van der Waals surface area contributed by atoms with Gasteiger partial charge in [-0.05, 0) is 24.3 Å². The van der Waals surface area contributed by atoms with Crippen LogP contribution in [0.5, 0.6) is 0 Å². The van der Waals surface area contributed by atoms with E-state index < -0.39 is 11.9 Å². The molecule has 2 heterocycles. The fourth-order valence-electron chi connectivity index (χ4n) is 3.08. The number of benzene rings is 2. The summed E-state index contributed by atoms with van der Waals surface area (Å²) >= 11 is 1.42. The normalized spacial score (nSPS) is 14.1. The first-order chi connectivity index (χ1) is 13.5. The molecule has 1 atom stereocenters. The zero-order valence-corrected chi connectivity index (χ0v) is 15.8. The second-order valence-electron chi connectivity index (χ2n) is 6.37. The summed E-state index contributed by atoms with van der Waals surface area (Å²) in [6, 6.07) is 10.6. The average molecular weight is 396 g/mol. The van der Waals surface area contributed by atoms with Crippen LogP contribution in [-0.2, 0) is 11.8 Å². The summed E-state index contributed by atoms with van der Waals surface area (Å²) in [5.41, 5.74) is 1.30. The molecule has 1 aromatic heterocycles. The van der Waals surface area contributed by atoms with Gasteiger partial charge in [0.05, 0.1) is 11.4 Å². The summed E-state index contributed by atoms with van der Waals surface area (Å²) in [6.07, 6.45) is 3.34. The molecule has 0 radical (unpaired) electrons. The summed E-state index contributed by atoms with van der Waals surface area (Å²) in [5.74, 6) is -0.0473. The van der Waals surface area contributed by atoms with E-state index in [2.05, 4.69) is 15.6 Å². The van der Waals surface area contributed by atoms with Crippen molar-refractivity contribution in [2.24, 2.45) is 7.05 Å². The van der Waals surface area contributed by atoms with Gasteiger partial charge in [0.1, 0.15) is 17.7 Å². The fourth-order valence-corrected chi connectivity index (χ4v) is 3.87. The van der Waals surface area contributed by atoms with Crippen LogP contribution < -0.4 is 10.6 Å². The average Bonchev–Trinajstić information content (AvgIpc) is 3.11. The number of carbonyl (C=O) groups excluding carboxylic acids is 2. The molecule has 0 spiro atoms. The largest absolute Gasteiger partial charge is 0.338 e. The molecule has 8 heteroatoms. The van der Waals surface area contributed by atoms with Crippen molar-refractivity contribution in [3.05, 3.63) is 77.6 Å². The number of rotatable bonds is 4. The van der Waals surface area contributed by atoms with Crippen molar-refractivity contribution in [1.29, 1.82) is 0 Å². The lowest BCUT2D eigenvalue weighted by molar-refractivity contribution is -0.113. The number of thioether (sulfide) groups is 1. The van der Waals surface area contributed by atoms with Gasteiger partial charge in [-0.3, -0.25) is 9.59 Å². The topological polar surface area (TPSA) is 76.0 Å². The Morgan fingerprint density at radius 2 is 2.14 bits per heavy atom. The minimum Gasteiger partial charge on any atom is -0.338 e. The van der Waals surface area contributed by atoms with Crippen LogP contribution in [-0.4, -0.2) is 27.1 Å². The molecule has 0 bridgehead atoms. The number of aromatic nitrogens is 2. The van der Waals surface area contributed by atoms with Crippen LogP contribution in [0.4, 0.5) is 10.1 Å². The van der Waals surface area contributed by atoms with E-state index in [0.717, 1.165) is 4.90 Å². The molecular formula is C20H17FN4O2S. The number of nitrogens with one attached hydrogen (secondary N) is 2. The molecule has 28 heavy (non-hydrogen) atoms. The van der Waals surface area contributed by atoms with Gasteiger partial charge < -0.3 is 15.2 Å². The van der Waals surface area contributed by atoms with Crippen LogP contribution in [0.1, 0.15) is 27.8 Å². The van der Waals surface area contributed by atoms with E-state index >= 15 is 0 Å². The Morgan fingerprint density at radius 3 is 2.89 bits per heavy atom. The molecule has 0 unspecified atom stereocenters. The predicted octanol–water partition coefficient (Wildman–Crippen LogP) is 3.12. The Balaban J connectivity index is 1.67. The minimum atomic E-state index is -0.756. The lowest BCUT2D eigenvalue weighted by atomic mass is 10.0. The van der Waals surface area contributed by atoms with Crippen LogP contribution in [0.3, 0.4) is 0 Å². The quantitative estimate of drug-likeness (QED) is 0.711. The molecule has 2 N–H and O–H groups in total. The molecular weight excluding hydrogens is 379 g/mol. The van der Waals surface area contributed by atoms with Crippen molar-refractivity contribution < 1.29 is 14.0 Å². The van der Waals surface area contributed by atoms with E-state index in [1.54, 1.807) is 60.4 Å². The fraction of sp³-hybridized carbons (Fsp3) is 0.150. The smallest absolute Gasteiger partial charge is 0.252 e. The van der Waals surface area contributed by atoms with E-state index in [4.69, 9.17) is 0 Å². The monoisotopic (exact) mass is 396 g/mol. The van der Waals surface area contributed by atoms with E-state index in [1.165, 1.54) is 17.8 Å². The highest BCUT2D eigenvalue weighted by atomic mass is 32.2. The molecule has 2 amide bonds. The minimum absolute atomic E-state index is 0.104. The number of anilines is 1. The Kier molecular flexibility index (Phi) is 4.87. The van der Waals surface area contributed by atoms with Gasteiger partial charge in [-0.1, -0.05) is 18.2 Å². The van der Waals surface area contributed by atoms with Gasteiger partial charge >= 0.3 is 0 Å². The maximum Gasteiger partial charge on any atom is 0.252 e. The second-order valence-corrected chi connectivity index (χ2v) is 7.39. The van der Waals surface area contributed by atoms with Gasteiger partial charge in [0, 0.05) is 35.5 Å². The van der Waals surface area contributed by atoms with Gasteiger partial charge in [-0.25, -0.2) is 9.37 Å². The van der Waals surface area contributed by atoms with Gasteiger partial charge in [-0.15, -0.1) is 11.8 Å².